The zero-order valence-electron chi connectivity index (χ0n) is 13.2. The number of quaternary nitrogens is 1. The van der Waals surface area contributed by atoms with Crippen LogP contribution in [0.25, 0.3) is 0 Å². The SMILES string of the molecule is CCCCCCCC[N+](OCCO)(OCCO)OCCO. The zero-order valence-corrected chi connectivity index (χ0v) is 13.2. The van der Waals surface area contributed by atoms with E-state index in [1.54, 1.807) is 0 Å². The van der Waals surface area contributed by atoms with Crippen LogP contribution in [0.15, 0.2) is 0 Å². The summed E-state index contributed by atoms with van der Waals surface area (Å²) in [5.41, 5.74) is 0. The number of rotatable bonds is 16. The number of hydroxylamine groups is 3. The molecule has 0 heterocycles. The Balaban J connectivity index is 4.28. The Bertz CT molecular complexity index is 196. The van der Waals surface area contributed by atoms with E-state index < -0.39 is 4.97 Å². The molecule has 21 heavy (non-hydrogen) atoms. The zero-order chi connectivity index (χ0) is 15.8. The Morgan fingerprint density at radius 2 is 1.10 bits per heavy atom. The minimum atomic E-state index is -0.546. The van der Waals surface area contributed by atoms with Gasteiger partial charge in [0, 0.05) is 6.42 Å². The van der Waals surface area contributed by atoms with Crippen LogP contribution in [0.4, 0.5) is 0 Å². The molecule has 0 aromatic carbocycles. The summed E-state index contributed by atoms with van der Waals surface area (Å²) in [5.74, 6) is 0. The molecule has 0 aromatic heterocycles. The minimum Gasteiger partial charge on any atom is -0.394 e. The van der Waals surface area contributed by atoms with Crippen molar-refractivity contribution in [2.75, 3.05) is 46.2 Å². The Labute approximate surface area is 127 Å². The first-order valence-corrected chi connectivity index (χ1v) is 7.89. The minimum absolute atomic E-state index is 0.0622. The highest BCUT2D eigenvalue weighted by atomic mass is 17.2. The van der Waals surface area contributed by atoms with Gasteiger partial charge in [-0.05, 0) is 6.42 Å². The highest BCUT2D eigenvalue weighted by Gasteiger charge is 2.34. The summed E-state index contributed by atoms with van der Waals surface area (Å²) >= 11 is 0. The maximum Gasteiger partial charge on any atom is 0.178 e. The lowest BCUT2D eigenvalue weighted by molar-refractivity contribution is -1.37. The van der Waals surface area contributed by atoms with Gasteiger partial charge in [0.15, 0.2) is 6.54 Å². The quantitative estimate of drug-likeness (QED) is 0.223. The Morgan fingerprint density at radius 3 is 1.52 bits per heavy atom. The normalized spacial score (nSPS) is 12.0. The van der Waals surface area contributed by atoms with Crippen LogP contribution in [0.2, 0.25) is 0 Å². The van der Waals surface area contributed by atoms with Crippen molar-refractivity contribution in [2.45, 2.75) is 45.4 Å². The molecule has 0 atom stereocenters. The molecule has 0 aliphatic heterocycles. The molecule has 0 aliphatic rings. The Morgan fingerprint density at radius 1 is 0.667 bits per heavy atom. The van der Waals surface area contributed by atoms with Crippen molar-refractivity contribution in [3.05, 3.63) is 0 Å². The van der Waals surface area contributed by atoms with Gasteiger partial charge < -0.3 is 15.3 Å². The molecule has 7 heteroatoms. The summed E-state index contributed by atoms with van der Waals surface area (Å²) in [7, 11) is 0. The third-order valence-electron chi connectivity index (χ3n) is 2.92. The highest BCUT2D eigenvalue weighted by Crippen LogP contribution is 2.15. The predicted molar refractivity (Wildman–Crippen MR) is 77.6 cm³/mol. The largest absolute Gasteiger partial charge is 0.394 e. The second kappa shape index (κ2) is 14.6. The smallest absolute Gasteiger partial charge is 0.178 e. The van der Waals surface area contributed by atoms with Gasteiger partial charge in [-0.25, -0.2) is 0 Å². The van der Waals surface area contributed by atoms with Crippen LogP contribution < -0.4 is 0 Å². The van der Waals surface area contributed by atoms with Crippen LogP contribution in [-0.4, -0.2) is 66.5 Å². The second-order valence-corrected chi connectivity index (χ2v) is 4.77. The van der Waals surface area contributed by atoms with Gasteiger partial charge >= 0.3 is 0 Å². The molecule has 7 nitrogen and oxygen atoms in total. The molecule has 0 saturated heterocycles. The maximum atomic E-state index is 8.90. The van der Waals surface area contributed by atoms with Crippen LogP contribution in [0.3, 0.4) is 0 Å². The van der Waals surface area contributed by atoms with Gasteiger partial charge in [0.1, 0.15) is 19.8 Å². The average Bonchev–Trinajstić information content (AvgIpc) is 2.51. The van der Waals surface area contributed by atoms with Gasteiger partial charge in [-0.2, -0.15) is 0 Å². The van der Waals surface area contributed by atoms with Crippen molar-refractivity contribution in [3.63, 3.8) is 0 Å². The molecule has 0 saturated carbocycles. The van der Waals surface area contributed by atoms with Gasteiger partial charge in [0.25, 0.3) is 0 Å². The van der Waals surface area contributed by atoms with Crippen LogP contribution in [-0.2, 0) is 14.5 Å². The van der Waals surface area contributed by atoms with E-state index in [-0.39, 0.29) is 39.6 Å². The molecule has 0 spiro atoms. The lowest BCUT2D eigenvalue weighted by Gasteiger charge is -2.29. The highest BCUT2D eigenvalue weighted by molar-refractivity contribution is 4.42. The van der Waals surface area contributed by atoms with Crippen molar-refractivity contribution in [1.82, 2.24) is 0 Å². The van der Waals surface area contributed by atoms with Crippen molar-refractivity contribution < 1.29 is 34.8 Å². The van der Waals surface area contributed by atoms with Gasteiger partial charge in [0.05, 0.1) is 24.8 Å². The van der Waals surface area contributed by atoms with Gasteiger partial charge in [0.2, 0.25) is 0 Å². The molecule has 0 bridgehead atoms. The van der Waals surface area contributed by atoms with E-state index in [4.69, 9.17) is 29.8 Å². The Hall–Kier alpha value is -0.280. The standard InChI is InChI=1S/C14H32NO6/c1-2-3-4-5-6-7-8-15(19-12-9-16,20-13-10-17)21-14-11-18/h16-18H,2-14H2,1H3/q+1. The van der Waals surface area contributed by atoms with Crippen molar-refractivity contribution in [3.8, 4) is 0 Å². The third-order valence-corrected chi connectivity index (χ3v) is 2.92. The van der Waals surface area contributed by atoms with Crippen LogP contribution in [0.1, 0.15) is 45.4 Å². The summed E-state index contributed by atoms with van der Waals surface area (Å²) in [5, 5.41) is 26.7. The van der Waals surface area contributed by atoms with Crippen molar-refractivity contribution >= 4 is 0 Å². The maximum absolute atomic E-state index is 8.90. The van der Waals surface area contributed by atoms with E-state index in [2.05, 4.69) is 6.92 Å². The van der Waals surface area contributed by atoms with E-state index in [0.717, 1.165) is 19.3 Å². The molecule has 0 aliphatic carbocycles. The number of aliphatic hydroxyl groups excluding tert-OH is 3. The van der Waals surface area contributed by atoms with E-state index >= 15 is 0 Å². The summed E-state index contributed by atoms with van der Waals surface area (Å²) in [6.45, 7) is 2.36. The number of hydrogen-bond acceptors (Lipinski definition) is 6. The molecular formula is C14H32NO6+. The fourth-order valence-electron chi connectivity index (χ4n) is 1.93. The second-order valence-electron chi connectivity index (χ2n) is 4.77. The van der Waals surface area contributed by atoms with Crippen molar-refractivity contribution in [2.24, 2.45) is 0 Å². The molecule has 0 fully saturated rings. The topological polar surface area (TPSA) is 88.4 Å². The number of aliphatic hydroxyl groups is 3. The van der Waals surface area contributed by atoms with Crippen LogP contribution in [0, 0.1) is 0 Å². The first-order valence-electron chi connectivity index (χ1n) is 7.89. The van der Waals surface area contributed by atoms with E-state index in [0.29, 0.717) is 6.54 Å². The molecule has 0 radical (unpaired) electrons. The fourth-order valence-corrected chi connectivity index (χ4v) is 1.93. The summed E-state index contributed by atoms with van der Waals surface area (Å²) < 4.78 is 0. The molecular weight excluding hydrogens is 278 g/mol. The average molecular weight is 310 g/mol. The molecule has 128 valence electrons. The monoisotopic (exact) mass is 310 g/mol. The summed E-state index contributed by atoms with van der Waals surface area (Å²) in [6, 6.07) is 0. The van der Waals surface area contributed by atoms with Crippen molar-refractivity contribution in [1.29, 1.82) is 0 Å². The number of unbranched alkanes of at least 4 members (excludes halogenated alkanes) is 5. The van der Waals surface area contributed by atoms with Gasteiger partial charge in [-0.1, -0.05) is 32.6 Å². The predicted octanol–water partition coefficient (Wildman–Crippen LogP) is 0.935. The van der Waals surface area contributed by atoms with Crippen LogP contribution in [0.5, 0.6) is 0 Å². The van der Waals surface area contributed by atoms with Gasteiger partial charge in [-0.15, -0.1) is 14.5 Å². The summed E-state index contributed by atoms with van der Waals surface area (Å²) in [4.78, 5) is 15.7. The summed E-state index contributed by atoms with van der Waals surface area (Å²) in [6.07, 6.45) is 6.68. The first-order chi connectivity index (χ1) is 10.2. The van der Waals surface area contributed by atoms with E-state index in [9.17, 15) is 0 Å². The first kappa shape index (κ1) is 20.7. The molecule has 3 N–H and O–H groups in total. The third kappa shape index (κ3) is 11.0. The Kier molecular flexibility index (Phi) is 14.5. The fraction of sp³-hybridized carbons (Fsp3) is 1.00. The van der Waals surface area contributed by atoms with E-state index in [1.165, 1.54) is 19.3 Å². The number of hydrogen-bond donors (Lipinski definition) is 3. The number of nitrogens with zero attached hydrogens (tertiary/aromatic N) is 1. The van der Waals surface area contributed by atoms with Gasteiger partial charge in [-0.3, -0.25) is 0 Å². The molecule has 0 rings (SSSR count). The lowest BCUT2D eigenvalue weighted by Crippen LogP contribution is -2.50. The van der Waals surface area contributed by atoms with Crippen LogP contribution >= 0.6 is 0 Å². The molecule has 0 unspecified atom stereocenters. The lowest BCUT2D eigenvalue weighted by atomic mass is 10.1. The molecule has 0 amide bonds. The molecule has 0 aromatic rings. The van der Waals surface area contributed by atoms with E-state index in [1.807, 2.05) is 0 Å².